The lowest BCUT2D eigenvalue weighted by Crippen LogP contribution is -2.20. The number of nitro benzene ring substituents is 1. The summed E-state index contributed by atoms with van der Waals surface area (Å²) in [6, 6.07) is 19.6. The average Bonchev–Trinajstić information content (AvgIpc) is 2.95. The summed E-state index contributed by atoms with van der Waals surface area (Å²) in [5.74, 6) is 0.465. The predicted octanol–water partition coefficient (Wildman–Crippen LogP) is 5.98. The first-order valence-electron chi connectivity index (χ1n) is 10.2. The highest BCUT2D eigenvalue weighted by Gasteiger charge is 2.16. The fraction of sp³-hybridized carbons (Fsp3) is 0.160. The molecule has 0 atom stereocenters. The number of benzodiazepines with no additional fused rings is 1. The number of thioether (sulfide) groups is 1. The molecule has 3 aromatic rings. The molecule has 5 nitrogen and oxygen atoms in total. The summed E-state index contributed by atoms with van der Waals surface area (Å²) in [5.41, 5.74) is 4.32. The van der Waals surface area contributed by atoms with Crippen LogP contribution in [-0.2, 0) is 5.75 Å². The molecule has 0 saturated heterocycles. The molecule has 0 aromatic heterocycles. The fourth-order valence-corrected chi connectivity index (χ4v) is 4.49. The van der Waals surface area contributed by atoms with Gasteiger partial charge in [-0.25, -0.2) is 4.39 Å². The Morgan fingerprint density at radius 2 is 1.94 bits per heavy atom. The minimum absolute atomic E-state index is 0.0405. The van der Waals surface area contributed by atoms with Crippen molar-refractivity contribution in [3.05, 3.63) is 105 Å². The van der Waals surface area contributed by atoms with Crippen LogP contribution >= 0.6 is 11.8 Å². The fourth-order valence-electron chi connectivity index (χ4n) is 3.52. The van der Waals surface area contributed by atoms with E-state index in [0.717, 1.165) is 33.2 Å². The molecule has 162 valence electrons. The molecule has 32 heavy (non-hydrogen) atoms. The van der Waals surface area contributed by atoms with Crippen LogP contribution in [0.4, 0.5) is 15.8 Å². The summed E-state index contributed by atoms with van der Waals surface area (Å²) in [6.07, 6.45) is 3.72. The van der Waals surface area contributed by atoms with E-state index in [2.05, 4.69) is 17.1 Å². The third-order valence-electron chi connectivity index (χ3n) is 5.23. The molecule has 0 spiro atoms. The van der Waals surface area contributed by atoms with Gasteiger partial charge in [-0.3, -0.25) is 15.1 Å². The first-order chi connectivity index (χ1) is 15.5. The number of anilines is 1. The van der Waals surface area contributed by atoms with Gasteiger partial charge < -0.3 is 4.90 Å². The Labute approximate surface area is 190 Å². The van der Waals surface area contributed by atoms with Crippen LogP contribution in [0.2, 0.25) is 0 Å². The van der Waals surface area contributed by atoms with Gasteiger partial charge in [0.15, 0.2) is 0 Å². The van der Waals surface area contributed by atoms with Crippen LogP contribution in [0.15, 0.2) is 82.7 Å². The highest BCUT2D eigenvalue weighted by Crippen LogP contribution is 2.31. The van der Waals surface area contributed by atoms with E-state index in [4.69, 9.17) is 0 Å². The number of benzene rings is 3. The lowest BCUT2D eigenvalue weighted by molar-refractivity contribution is -0.384. The van der Waals surface area contributed by atoms with Crippen LogP contribution in [0.25, 0.3) is 6.08 Å². The maximum Gasteiger partial charge on any atom is 0.270 e. The minimum atomic E-state index is -0.390. The Hall–Kier alpha value is -3.45. The molecule has 0 radical (unpaired) electrons. The third kappa shape index (κ3) is 5.06. The SMILES string of the molecule is CN1CCN=C(/C=C/c2cc([N+](=O)[O-])ccc2SCc2ccccc2)c2ccc(F)cc21. The minimum Gasteiger partial charge on any atom is -0.372 e. The van der Waals surface area contributed by atoms with Crippen molar-refractivity contribution in [2.45, 2.75) is 10.6 Å². The molecule has 0 saturated carbocycles. The highest BCUT2D eigenvalue weighted by atomic mass is 32.2. The van der Waals surface area contributed by atoms with Gasteiger partial charge in [-0.2, -0.15) is 0 Å². The van der Waals surface area contributed by atoms with E-state index in [1.54, 1.807) is 30.0 Å². The van der Waals surface area contributed by atoms with E-state index < -0.39 is 0 Å². The van der Waals surface area contributed by atoms with Gasteiger partial charge in [0.25, 0.3) is 5.69 Å². The summed E-state index contributed by atoms with van der Waals surface area (Å²) < 4.78 is 13.8. The molecular formula is C25H22FN3O2S. The lowest BCUT2D eigenvalue weighted by atomic mass is 10.1. The number of hydrogen-bond donors (Lipinski definition) is 0. The number of aliphatic imine (C=N–C) groups is 1. The van der Waals surface area contributed by atoms with Crippen LogP contribution < -0.4 is 4.90 Å². The van der Waals surface area contributed by atoms with E-state index in [1.165, 1.54) is 23.8 Å². The molecule has 0 fully saturated rings. The van der Waals surface area contributed by atoms with Gasteiger partial charge in [0, 0.05) is 47.6 Å². The van der Waals surface area contributed by atoms with Gasteiger partial charge in [-0.1, -0.05) is 36.4 Å². The smallest absolute Gasteiger partial charge is 0.270 e. The van der Waals surface area contributed by atoms with Gasteiger partial charge in [0.2, 0.25) is 0 Å². The van der Waals surface area contributed by atoms with Crippen molar-refractivity contribution in [1.29, 1.82) is 0 Å². The number of fused-ring (bicyclic) bond motifs is 1. The standard InChI is InChI=1S/C25H22FN3O2S/c1-28-14-13-27-23(22-10-8-20(26)16-24(22)28)11-7-19-15-21(29(30)31)9-12-25(19)32-17-18-5-3-2-4-6-18/h2-12,15-16H,13-14,17H2,1H3/b11-7+. The number of allylic oxidation sites excluding steroid dienone is 1. The van der Waals surface area contributed by atoms with E-state index in [1.807, 2.05) is 42.3 Å². The molecule has 0 N–H and O–H groups in total. The first-order valence-corrected chi connectivity index (χ1v) is 11.2. The Kier molecular flexibility index (Phi) is 6.66. The van der Waals surface area contributed by atoms with Gasteiger partial charge in [-0.15, -0.1) is 11.8 Å². The van der Waals surface area contributed by atoms with E-state index in [9.17, 15) is 14.5 Å². The zero-order valence-corrected chi connectivity index (χ0v) is 18.4. The topological polar surface area (TPSA) is 58.7 Å². The molecule has 0 amide bonds. The van der Waals surface area contributed by atoms with E-state index in [-0.39, 0.29) is 16.4 Å². The monoisotopic (exact) mass is 447 g/mol. The second kappa shape index (κ2) is 9.78. The van der Waals surface area contributed by atoms with Gasteiger partial charge in [-0.05, 0) is 41.5 Å². The van der Waals surface area contributed by atoms with Gasteiger partial charge in [0.1, 0.15) is 5.82 Å². The number of likely N-dealkylation sites (N-methyl/N-ethyl adjacent to an activating group) is 1. The van der Waals surface area contributed by atoms with E-state index in [0.29, 0.717) is 13.1 Å². The van der Waals surface area contributed by atoms with Crippen molar-refractivity contribution in [2.75, 3.05) is 25.0 Å². The molecule has 1 aliphatic rings. The summed E-state index contributed by atoms with van der Waals surface area (Å²) in [4.78, 5) is 18.5. The molecule has 0 unspecified atom stereocenters. The van der Waals surface area contributed by atoms with Crippen molar-refractivity contribution in [3.63, 3.8) is 0 Å². The average molecular weight is 448 g/mol. The Morgan fingerprint density at radius 3 is 2.72 bits per heavy atom. The third-order valence-corrected chi connectivity index (χ3v) is 6.39. The highest BCUT2D eigenvalue weighted by molar-refractivity contribution is 7.98. The van der Waals surface area contributed by atoms with Crippen molar-refractivity contribution >= 4 is 34.9 Å². The summed E-state index contributed by atoms with van der Waals surface area (Å²) in [6.45, 7) is 1.26. The number of nitro groups is 1. The number of hydrogen-bond acceptors (Lipinski definition) is 5. The van der Waals surface area contributed by atoms with Crippen LogP contribution in [0.5, 0.6) is 0 Å². The second-order valence-corrected chi connectivity index (χ2v) is 8.45. The molecular weight excluding hydrogens is 425 g/mol. The predicted molar refractivity (Wildman–Crippen MR) is 129 cm³/mol. The van der Waals surface area contributed by atoms with Crippen LogP contribution in [-0.4, -0.2) is 30.8 Å². The number of rotatable bonds is 6. The summed E-state index contributed by atoms with van der Waals surface area (Å²) in [5, 5.41) is 11.3. The quantitative estimate of drug-likeness (QED) is 0.265. The van der Waals surface area contributed by atoms with E-state index >= 15 is 0 Å². The van der Waals surface area contributed by atoms with Crippen LogP contribution in [0.1, 0.15) is 16.7 Å². The normalized spacial score (nSPS) is 13.6. The Morgan fingerprint density at radius 1 is 1.12 bits per heavy atom. The van der Waals surface area contributed by atoms with Gasteiger partial charge in [0.05, 0.1) is 17.2 Å². The Balaban J connectivity index is 1.66. The molecule has 4 rings (SSSR count). The zero-order chi connectivity index (χ0) is 22.5. The summed E-state index contributed by atoms with van der Waals surface area (Å²) >= 11 is 1.63. The number of non-ortho nitro benzene ring substituents is 1. The molecule has 3 aromatic carbocycles. The number of nitrogens with zero attached hydrogens (tertiary/aromatic N) is 3. The number of halogens is 1. The van der Waals surface area contributed by atoms with Crippen LogP contribution in [0.3, 0.4) is 0 Å². The maximum atomic E-state index is 13.8. The van der Waals surface area contributed by atoms with Crippen molar-refractivity contribution in [3.8, 4) is 0 Å². The van der Waals surface area contributed by atoms with Crippen molar-refractivity contribution in [1.82, 2.24) is 0 Å². The van der Waals surface area contributed by atoms with Crippen molar-refractivity contribution in [2.24, 2.45) is 4.99 Å². The molecule has 7 heteroatoms. The van der Waals surface area contributed by atoms with Crippen LogP contribution in [0, 0.1) is 15.9 Å². The Bertz CT molecular complexity index is 1200. The molecule has 0 bridgehead atoms. The second-order valence-electron chi connectivity index (χ2n) is 7.44. The lowest BCUT2D eigenvalue weighted by Gasteiger charge is -2.18. The molecule has 1 heterocycles. The largest absolute Gasteiger partial charge is 0.372 e. The zero-order valence-electron chi connectivity index (χ0n) is 17.6. The maximum absolute atomic E-state index is 13.8. The van der Waals surface area contributed by atoms with Gasteiger partial charge >= 0.3 is 0 Å². The summed E-state index contributed by atoms with van der Waals surface area (Å²) in [7, 11) is 1.92. The van der Waals surface area contributed by atoms with Crippen molar-refractivity contribution < 1.29 is 9.31 Å². The molecule has 1 aliphatic heterocycles. The first kappa shape index (κ1) is 21.8. The molecule has 0 aliphatic carbocycles.